The largest absolute Gasteiger partial charge is 0.484 e. The molecule has 6 N–H and O–H groups in total. The summed E-state index contributed by atoms with van der Waals surface area (Å²) < 4.78 is 14.1. The van der Waals surface area contributed by atoms with Gasteiger partial charge in [-0.25, -0.2) is 9.78 Å². The van der Waals surface area contributed by atoms with Crippen LogP contribution in [0.5, 0.6) is 5.75 Å². The fraction of sp³-hybridized carbons (Fsp3) is 0.531. The Kier molecular flexibility index (Phi) is 8.35. The third-order valence-corrected chi connectivity index (χ3v) is 9.53. The Hall–Kier alpha value is -3.23. The minimum atomic E-state index is -2.33. The molecule has 12 heteroatoms. The van der Waals surface area contributed by atoms with Gasteiger partial charge in [0, 0.05) is 36.9 Å². The molecule has 6 rings (SSSR count). The predicted molar refractivity (Wildman–Crippen MR) is 159 cm³/mol. The van der Waals surface area contributed by atoms with E-state index in [1.807, 2.05) is 6.92 Å². The molecule has 6 atom stereocenters. The lowest BCUT2D eigenvalue weighted by atomic mass is 9.78. The first kappa shape index (κ1) is 30.8. The van der Waals surface area contributed by atoms with E-state index < -0.39 is 48.8 Å². The van der Waals surface area contributed by atoms with Crippen molar-refractivity contribution in [1.29, 1.82) is 0 Å². The molecule has 1 aromatic carbocycles. The number of H-pyrrole nitrogens is 1. The molecule has 1 fully saturated rings. The molecule has 0 radical (unpaired) electrons. The summed E-state index contributed by atoms with van der Waals surface area (Å²) in [5.74, 6) is 1.28. The van der Waals surface area contributed by atoms with E-state index in [1.165, 1.54) is 6.07 Å². The summed E-state index contributed by atoms with van der Waals surface area (Å²) in [6.45, 7) is 1.99. The summed E-state index contributed by atoms with van der Waals surface area (Å²) in [6.07, 6.45) is 1.72. The van der Waals surface area contributed by atoms with Gasteiger partial charge in [0.15, 0.2) is 5.43 Å². The molecule has 0 spiro atoms. The maximum Gasteiger partial charge on any atom is 0.192 e. The van der Waals surface area contributed by atoms with Gasteiger partial charge in [-0.05, 0) is 50.5 Å². The van der Waals surface area contributed by atoms with Crippen molar-refractivity contribution in [3.8, 4) is 5.75 Å². The predicted octanol–water partition coefficient (Wildman–Crippen LogP) is 2.09. The highest BCUT2D eigenvalue weighted by Gasteiger charge is 2.50. The van der Waals surface area contributed by atoms with Crippen LogP contribution in [0.1, 0.15) is 43.9 Å². The van der Waals surface area contributed by atoms with Gasteiger partial charge < -0.3 is 44.2 Å². The summed E-state index contributed by atoms with van der Waals surface area (Å²) in [5.41, 5.74) is -0.605. The lowest BCUT2D eigenvalue weighted by molar-refractivity contribution is -0.368. The van der Waals surface area contributed by atoms with Gasteiger partial charge in [0.05, 0.1) is 29.6 Å². The molecule has 2 aliphatic rings. The molecule has 12 nitrogen and oxygen atoms in total. The maximum absolute atomic E-state index is 12.7. The standard InChI is InChI=1S/C32H40N2O10/c1-18-11-24(36)21-12-19-13-29(31(2,20-5-3-4-6-20)43-26(19)14-27(21)42-18)44-41-16-28(38)32(40,30(39)25(37)15-35)17-34-10-8-22-23(34)7-9-33-22/h7-12,14,20,25,28-30,33,35,37-40H,3-6,13,15-17H2,1-2H3. The van der Waals surface area contributed by atoms with E-state index in [0.29, 0.717) is 34.4 Å². The maximum atomic E-state index is 12.7. The summed E-state index contributed by atoms with van der Waals surface area (Å²) in [7, 11) is 0. The second-order valence-electron chi connectivity index (χ2n) is 12.4. The average Bonchev–Trinajstić information content (AvgIpc) is 3.77. The van der Waals surface area contributed by atoms with Crippen molar-refractivity contribution in [1.82, 2.24) is 9.55 Å². The summed E-state index contributed by atoms with van der Waals surface area (Å²) in [4.78, 5) is 27.3. The van der Waals surface area contributed by atoms with E-state index >= 15 is 0 Å². The number of nitrogens with one attached hydrogen (secondary N) is 1. The minimum Gasteiger partial charge on any atom is -0.484 e. The molecule has 0 saturated heterocycles. The van der Waals surface area contributed by atoms with Crippen molar-refractivity contribution in [3.05, 3.63) is 64.3 Å². The lowest BCUT2D eigenvalue weighted by Gasteiger charge is -2.45. The van der Waals surface area contributed by atoms with Crippen molar-refractivity contribution < 1.29 is 44.5 Å². The van der Waals surface area contributed by atoms with Gasteiger partial charge in [-0.2, -0.15) is 0 Å². The first-order chi connectivity index (χ1) is 21.0. The summed E-state index contributed by atoms with van der Waals surface area (Å²) in [5, 5.41) is 53.8. The third kappa shape index (κ3) is 5.45. The molecule has 0 amide bonds. The highest BCUT2D eigenvalue weighted by Crippen LogP contribution is 2.46. The van der Waals surface area contributed by atoms with Crippen molar-refractivity contribution in [2.45, 2.75) is 88.1 Å². The number of aliphatic hydroxyl groups is 5. The third-order valence-electron chi connectivity index (χ3n) is 9.53. The minimum absolute atomic E-state index is 0.157. The highest BCUT2D eigenvalue weighted by molar-refractivity contribution is 5.80. The van der Waals surface area contributed by atoms with E-state index in [-0.39, 0.29) is 17.9 Å². The topological polar surface area (TPSA) is 180 Å². The zero-order chi connectivity index (χ0) is 31.2. The Balaban J connectivity index is 1.24. The zero-order valence-corrected chi connectivity index (χ0v) is 24.8. The monoisotopic (exact) mass is 612 g/mol. The van der Waals surface area contributed by atoms with Crippen LogP contribution in [0.3, 0.4) is 0 Å². The van der Waals surface area contributed by atoms with E-state index in [1.54, 1.807) is 48.1 Å². The van der Waals surface area contributed by atoms with E-state index in [9.17, 15) is 30.3 Å². The molecular weight excluding hydrogens is 572 g/mol. The molecule has 6 unspecified atom stereocenters. The van der Waals surface area contributed by atoms with Crippen LogP contribution >= 0.6 is 0 Å². The number of aromatic amines is 1. The van der Waals surface area contributed by atoms with Crippen LogP contribution in [-0.4, -0.2) is 83.9 Å². The quantitative estimate of drug-likeness (QED) is 0.108. The molecule has 1 saturated carbocycles. The van der Waals surface area contributed by atoms with Crippen LogP contribution in [0.15, 0.2) is 51.9 Å². The number of ether oxygens (including phenoxy) is 1. The van der Waals surface area contributed by atoms with E-state index in [0.717, 1.165) is 36.8 Å². The second-order valence-corrected chi connectivity index (χ2v) is 12.4. The van der Waals surface area contributed by atoms with Crippen LogP contribution in [0.4, 0.5) is 0 Å². The molecule has 3 aromatic heterocycles. The molecule has 4 aromatic rings. The molecule has 1 aliphatic heterocycles. The summed E-state index contributed by atoms with van der Waals surface area (Å²) >= 11 is 0. The Morgan fingerprint density at radius 1 is 1.18 bits per heavy atom. The lowest BCUT2D eigenvalue weighted by Crippen LogP contribution is -2.61. The Morgan fingerprint density at radius 3 is 2.70 bits per heavy atom. The molecule has 44 heavy (non-hydrogen) atoms. The van der Waals surface area contributed by atoms with Gasteiger partial charge in [-0.3, -0.25) is 4.79 Å². The fourth-order valence-corrected chi connectivity index (χ4v) is 6.86. The molecular formula is C32H40N2O10. The van der Waals surface area contributed by atoms with Gasteiger partial charge in [-0.15, -0.1) is 0 Å². The van der Waals surface area contributed by atoms with Gasteiger partial charge in [0.1, 0.15) is 59.3 Å². The van der Waals surface area contributed by atoms with Crippen LogP contribution < -0.4 is 10.2 Å². The number of rotatable bonds is 11. The first-order valence-electron chi connectivity index (χ1n) is 15.1. The molecule has 238 valence electrons. The Bertz CT molecular complexity index is 1670. The van der Waals surface area contributed by atoms with Gasteiger partial charge in [0.25, 0.3) is 0 Å². The second kappa shape index (κ2) is 11.9. The fourth-order valence-electron chi connectivity index (χ4n) is 6.86. The van der Waals surface area contributed by atoms with E-state index in [2.05, 4.69) is 4.98 Å². The van der Waals surface area contributed by atoms with Crippen molar-refractivity contribution >= 4 is 22.0 Å². The molecule has 0 bridgehead atoms. The van der Waals surface area contributed by atoms with Crippen LogP contribution in [-0.2, 0) is 22.7 Å². The highest BCUT2D eigenvalue weighted by atomic mass is 17.2. The number of fused-ring (bicyclic) bond motifs is 3. The average molecular weight is 613 g/mol. The zero-order valence-electron chi connectivity index (χ0n) is 24.8. The Labute approximate surface area is 253 Å². The molecule has 4 heterocycles. The van der Waals surface area contributed by atoms with Crippen molar-refractivity contribution in [3.63, 3.8) is 0 Å². The van der Waals surface area contributed by atoms with Gasteiger partial charge in [0.2, 0.25) is 0 Å². The van der Waals surface area contributed by atoms with Crippen molar-refractivity contribution in [2.24, 2.45) is 5.92 Å². The number of hydrogen-bond acceptors (Lipinski definition) is 10. The van der Waals surface area contributed by atoms with Gasteiger partial charge >= 0.3 is 0 Å². The summed E-state index contributed by atoms with van der Waals surface area (Å²) in [6, 6.07) is 8.49. The van der Waals surface area contributed by atoms with Crippen LogP contribution in [0, 0.1) is 12.8 Å². The normalized spacial score (nSPS) is 24.2. The van der Waals surface area contributed by atoms with Crippen LogP contribution in [0.2, 0.25) is 0 Å². The smallest absolute Gasteiger partial charge is 0.192 e. The number of aliphatic hydroxyl groups excluding tert-OH is 4. The number of nitrogens with zero attached hydrogens (tertiary/aromatic N) is 1. The van der Waals surface area contributed by atoms with Crippen molar-refractivity contribution in [2.75, 3.05) is 13.2 Å². The number of benzene rings is 1. The Morgan fingerprint density at radius 2 is 1.95 bits per heavy atom. The molecule has 1 aliphatic carbocycles. The van der Waals surface area contributed by atoms with Crippen LogP contribution in [0.25, 0.3) is 22.0 Å². The first-order valence-corrected chi connectivity index (χ1v) is 15.1. The SMILES string of the molecule is Cc1cc(=O)c2cc3c(cc2o1)OC(C)(C1CCCC1)C(OOCC(O)C(O)(Cn1ccc2[nH]ccc21)C(O)C(O)CO)C3. The van der Waals surface area contributed by atoms with E-state index in [4.69, 9.17) is 18.9 Å². The van der Waals surface area contributed by atoms with Gasteiger partial charge in [-0.1, -0.05) is 12.8 Å². The number of aromatic nitrogens is 2. The number of hydrogen-bond donors (Lipinski definition) is 6. The number of aryl methyl sites for hydroxylation is 1.